The molecule has 0 saturated heterocycles. The Hall–Kier alpha value is 0.1000. The molecule has 4 heteroatoms. The smallest absolute Gasteiger partial charge is 0.0470 e. The Kier molecular flexibility index (Phi) is 6.85. The zero-order valence-corrected chi connectivity index (χ0v) is 14.5. The second-order valence-electron chi connectivity index (χ2n) is 4.73. The molecule has 2 nitrogen and oxygen atoms in total. The average Bonchev–Trinajstić information content (AvgIpc) is 2.34. The Morgan fingerprint density at radius 2 is 1.94 bits per heavy atom. The summed E-state index contributed by atoms with van der Waals surface area (Å²) < 4.78 is 2.15. The predicted octanol–water partition coefficient (Wildman–Crippen LogP) is 4.33. The van der Waals surface area contributed by atoms with Crippen molar-refractivity contribution in [3.63, 3.8) is 0 Å². The van der Waals surface area contributed by atoms with Gasteiger partial charge < -0.3 is 5.73 Å². The SMILES string of the molecule is CCCC(C)N(C)C(CN)c1ccc(Br)c(Br)c1. The van der Waals surface area contributed by atoms with E-state index in [1.807, 2.05) is 0 Å². The fourth-order valence-corrected chi connectivity index (χ4v) is 2.83. The van der Waals surface area contributed by atoms with Gasteiger partial charge in [-0.05, 0) is 69.9 Å². The molecule has 0 aromatic heterocycles. The van der Waals surface area contributed by atoms with Crippen LogP contribution >= 0.6 is 31.9 Å². The molecule has 1 rings (SSSR count). The highest BCUT2D eigenvalue weighted by Crippen LogP contribution is 2.29. The molecule has 0 spiro atoms. The maximum atomic E-state index is 5.96. The van der Waals surface area contributed by atoms with Gasteiger partial charge in [-0.2, -0.15) is 0 Å². The lowest BCUT2D eigenvalue weighted by Gasteiger charge is -2.33. The molecule has 0 aliphatic heterocycles. The molecule has 0 bridgehead atoms. The van der Waals surface area contributed by atoms with E-state index in [-0.39, 0.29) is 6.04 Å². The van der Waals surface area contributed by atoms with E-state index in [0.29, 0.717) is 12.6 Å². The lowest BCUT2D eigenvalue weighted by atomic mass is 10.0. The molecule has 2 N–H and O–H groups in total. The van der Waals surface area contributed by atoms with Crippen LogP contribution in [-0.2, 0) is 0 Å². The van der Waals surface area contributed by atoms with Crippen LogP contribution in [0.15, 0.2) is 27.1 Å². The number of likely N-dealkylation sites (N-methyl/N-ethyl adjacent to an activating group) is 1. The first-order chi connectivity index (χ1) is 8.51. The quantitative estimate of drug-likeness (QED) is 0.799. The van der Waals surface area contributed by atoms with Crippen LogP contribution in [0.2, 0.25) is 0 Å². The first kappa shape index (κ1) is 16.2. The molecule has 0 aliphatic rings. The summed E-state index contributed by atoms with van der Waals surface area (Å²) in [5, 5.41) is 0. The third kappa shape index (κ3) is 4.05. The minimum atomic E-state index is 0.274. The van der Waals surface area contributed by atoms with E-state index in [1.165, 1.54) is 18.4 Å². The number of nitrogens with zero attached hydrogens (tertiary/aromatic N) is 1. The molecule has 0 saturated carbocycles. The van der Waals surface area contributed by atoms with Crippen molar-refractivity contribution in [1.29, 1.82) is 0 Å². The van der Waals surface area contributed by atoms with Gasteiger partial charge in [-0.15, -0.1) is 0 Å². The van der Waals surface area contributed by atoms with E-state index in [0.717, 1.165) is 8.95 Å². The molecule has 0 aliphatic carbocycles. The van der Waals surface area contributed by atoms with Crippen LogP contribution in [0.5, 0.6) is 0 Å². The Labute approximate surface area is 127 Å². The summed E-state index contributed by atoms with van der Waals surface area (Å²) in [6.07, 6.45) is 2.40. The highest BCUT2D eigenvalue weighted by molar-refractivity contribution is 9.13. The molecular weight excluding hydrogens is 356 g/mol. The second-order valence-corrected chi connectivity index (χ2v) is 6.44. The lowest BCUT2D eigenvalue weighted by molar-refractivity contribution is 0.180. The zero-order chi connectivity index (χ0) is 13.7. The summed E-state index contributed by atoms with van der Waals surface area (Å²) in [5.41, 5.74) is 7.22. The maximum Gasteiger partial charge on any atom is 0.0470 e. The van der Waals surface area contributed by atoms with Crippen molar-refractivity contribution < 1.29 is 0 Å². The Morgan fingerprint density at radius 3 is 2.44 bits per heavy atom. The van der Waals surface area contributed by atoms with Crippen LogP contribution in [0.4, 0.5) is 0 Å². The van der Waals surface area contributed by atoms with Gasteiger partial charge in [-0.3, -0.25) is 4.90 Å². The van der Waals surface area contributed by atoms with Gasteiger partial charge in [-0.1, -0.05) is 19.4 Å². The standard InChI is InChI=1S/C14H22Br2N2/c1-4-5-10(2)18(3)14(9-17)11-6-7-12(15)13(16)8-11/h6-8,10,14H,4-5,9,17H2,1-3H3. The van der Waals surface area contributed by atoms with Crippen molar-refractivity contribution in [1.82, 2.24) is 4.90 Å². The summed E-state index contributed by atoms with van der Waals surface area (Å²) in [6.45, 7) is 5.12. The average molecular weight is 378 g/mol. The van der Waals surface area contributed by atoms with Crippen LogP contribution in [0, 0.1) is 0 Å². The third-order valence-corrected chi connectivity index (χ3v) is 5.32. The normalized spacial score (nSPS) is 14.8. The summed E-state index contributed by atoms with van der Waals surface area (Å²) in [5.74, 6) is 0. The van der Waals surface area contributed by atoms with Crippen molar-refractivity contribution in [2.45, 2.75) is 38.8 Å². The van der Waals surface area contributed by atoms with Crippen LogP contribution in [-0.4, -0.2) is 24.5 Å². The van der Waals surface area contributed by atoms with Gasteiger partial charge in [0.25, 0.3) is 0 Å². The molecule has 2 atom stereocenters. The van der Waals surface area contributed by atoms with Gasteiger partial charge in [0.2, 0.25) is 0 Å². The number of hydrogen-bond donors (Lipinski definition) is 1. The Morgan fingerprint density at radius 1 is 1.28 bits per heavy atom. The molecule has 2 unspecified atom stereocenters. The van der Waals surface area contributed by atoms with E-state index >= 15 is 0 Å². The van der Waals surface area contributed by atoms with Crippen LogP contribution < -0.4 is 5.73 Å². The maximum absolute atomic E-state index is 5.96. The first-order valence-corrected chi connectivity index (χ1v) is 7.96. The van der Waals surface area contributed by atoms with E-state index in [1.54, 1.807) is 0 Å². The van der Waals surface area contributed by atoms with Crippen LogP contribution in [0.25, 0.3) is 0 Å². The summed E-state index contributed by atoms with van der Waals surface area (Å²) in [4.78, 5) is 2.37. The van der Waals surface area contributed by atoms with Crippen molar-refractivity contribution in [2.75, 3.05) is 13.6 Å². The summed E-state index contributed by atoms with van der Waals surface area (Å²) in [6, 6.07) is 7.18. The van der Waals surface area contributed by atoms with E-state index in [4.69, 9.17) is 5.73 Å². The molecule has 1 aromatic carbocycles. The largest absolute Gasteiger partial charge is 0.329 e. The van der Waals surface area contributed by atoms with Gasteiger partial charge in [0.1, 0.15) is 0 Å². The van der Waals surface area contributed by atoms with Gasteiger partial charge in [0.15, 0.2) is 0 Å². The first-order valence-electron chi connectivity index (χ1n) is 6.38. The molecule has 0 radical (unpaired) electrons. The Balaban J connectivity index is 2.91. The molecule has 0 fully saturated rings. The van der Waals surface area contributed by atoms with Crippen molar-refractivity contribution in [2.24, 2.45) is 5.73 Å². The minimum Gasteiger partial charge on any atom is -0.329 e. The van der Waals surface area contributed by atoms with Gasteiger partial charge >= 0.3 is 0 Å². The van der Waals surface area contributed by atoms with Crippen molar-refractivity contribution in [3.05, 3.63) is 32.7 Å². The fourth-order valence-electron chi connectivity index (χ4n) is 2.19. The highest BCUT2D eigenvalue weighted by Gasteiger charge is 2.20. The lowest BCUT2D eigenvalue weighted by Crippen LogP contribution is -2.37. The third-order valence-electron chi connectivity index (χ3n) is 3.45. The van der Waals surface area contributed by atoms with Crippen LogP contribution in [0.1, 0.15) is 38.3 Å². The molecule has 0 heterocycles. The summed E-state index contributed by atoms with van der Waals surface area (Å²) in [7, 11) is 2.16. The number of rotatable bonds is 6. The van der Waals surface area contributed by atoms with Crippen molar-refractivity contribution in [3.8, 4) is 0 Å². The van der Waals surface area contributed by atoms with Gasteiger partial charge in [0, 0.05) is 27.6 Å². The topological polar surface area (TPSA) is 29.3 Å². The number of benzene rings is 1. The van der Waals surface area contributed by atoms with E-state index in [2.05, 4.69) is 75.9 Å². The second kappa shape index (κ2) is 7.63. The number of hydrogen-bond acceptors (Lipinski definition) is 2. The molecule has 1 aromatic rings. The molecule has 102 valence electrons. The van der Waals surface area contributed by atoms with Crippen LogP contribution in [0.3, 0.4) is 0 Å². The number of halogens is 2. The molecule has 0 amide bonds. The molecular formula is C14H22Br2N2. The van der Waals surface area contributed by atoms with Gasteiger partial charge in [0.05, 0.1) is 0 Å². The minimum absolute atomic E-state index is 0.274. The van der Waals surface area contributed by atoms with E-state index < -0.39 is 0 Å². The van der Waals surface area contributed by atoms with E-state index in [9.17, 15) is 0 Å². The highest BCUT2D eigenvalue weighted by atomic mass is 79.9. The molecule has 18 heavy (non-hydrogen) atoms. The fraction of sp³-hybridized carbons (Fsp3) is 0.571. The monoisotopic (exact) mass is 376 g/mol. The zero-order valence-electron chi connectivity index (χ0n) is 11.3. The van der Waals surface area contributed by atoms with Crippen molar-refractivity contribution >= 4 is 31.9 Å². The summed E-state index contributed by atoms with van der Waals surface area (Å²) >= 11 is 7.05. The van der Waals surface area contributed by atoms with Gasteiger partial charge in [-0.25, -0.2) is 0 Å². The Bertz CT molecular complexity index is 382. The predicted molar refractivity (Wildman–Crippen MR) is 85.8 cm³/mol. The number of nitrogens with two attached hydrogens (primary N) is 1.